The van der Waals surface area contributed by atoms with E-state index < -0.39 is 11.9 Å². The van der Waals surface area contributed by atoms with Crippen LogP contribution in [0.3, 0.4) is 0 Å². The summed E-state index contributed by atoms with van der Waals surface area (Å²) in [6.45, 7) is 0.357. The van der Waals surface area contributed by atoms with Crippen molar-refractivity contribution in [3.63, 3.8) is 0 Å². The third-order valence-electron chi connectivity index (χ3n) is 9.44. The maximum atomic E-state index is 13.3. The van der Waals surface area contributed by atoms with E-state index >= 15 is 0 Å². The van der Waals surface area contributed by atoms with E-state index in [-0.39, 0.29) is 23.7 Å². The number of imide groups is 1. The molecule has 0 spiro atoms. The smallest absolute Gasteiger partial charge is 0.255 e. The highest BCUT2D eigenvalue weighted by Crippen LogP contribution is 2.61. The predicted molar refractivity (Wildman–Crippen MR) is 148 cm³/mol. The van der Waals surface area contributed by atoms with E-state index in [4.69, 9.17) is 4.42 Å². The molecule has 4 bridgehead atoms. The van der Waals surface area contributed by atoms with Gasteiger partial charge in [0.1, 0.15) is 17.6 Å². The fourth-order valence-electron chi connectivity index (χ4n) is 8.07. The van der Waals surface area contributed by atoms with E-state index in [0.29, 0.717) is 35.2 Å². The van der Waals surface area contributed by atoms with Gasteiger partial charge in [-0.05, 0) is 92.5 Å². The quantitative estimate of drug-likeness (QED) is 0.360. The number of benzene rings is 1. The van der Waals surface area contributed by atoms with Gasteiger partial charge >= 0.3 is 0 Å². The van der Waals surface area contributed by atoms with Crippen LogP contribution in [0.5, 0.6) is 0 Å². The van der Waals surface area contributed by atoms with Crippen molar-refractivity contribution < 1.29 is 23.6 Å². The molecule has 7 nitrogen and oxygen atoms in total. The van der Waals surface area contributed by atoms with E-state index in [1.54, 1.807) is 22.7 Å². The predicted octanol–water partition coefficient (Wildman–Crippen LogP) is 5.31. The molecule has 1 aromatic heterocycles. The van der Waals surface area contributed by atoms with Crippen molar-refractivity contribution in [1.82, 2.24) is 10.2 Å². The van der Waals surface area contributed by atoms with E-state index in [1.165, 1.54) is 31.0 Å². The van der Waals surface area contributed by atoms with Gasteiger partial charge in [-0.15, -0.1) is 11.8 Å². The maximum absolute atomic E-state index is 13.3. The number of nitrogens with zero attached hydrogens (tertiary/aromatic N) is 1. The first kappa shape index (κ1) is 25.4. The number of carbonyl (C=O) groups is 4. The van der Waals surface area contributed by atoms with E-state index in [9.17, 15) is 19.2 Å². The molecular formula is C30H32N2O5S2. The minimum atomic E-state index is -0.619. The van der Waals surface area contributed by atoms with Crippen LogP contribution in [0.2, 0.25) is 0 Å². The van der Waals surface area contributed by atoms with Crippen molar-refractivity contribution in [2.24, 2.45) is 23.2 Å². The molecule has 1 atom stereocenters. The molecular weight excluding hydrogens is 532 g/mol. The van der Waals surface area contributed by atoms with Gasteiger partial charge in [-0.1, -0.05) is 17.8 Å². The average Bonchev–Trinajstić information content (AvgIpc) is 3.50. The first-order valence-electron chi connectivity index (χ1n) is 14.0. The largest absolute Gasteiger partial charge is 0.464 e. The van der Waals surface area contributed by atoms with Gasteiger partial charge in [0.25, 0.3) is 5.91 Å². The fourth-order valence-corrected chi connectivity index (χ4v) is 10.0. The maximum Gasteiger partial charge on any atom is 0.255 e. The molecule has 1 saturated heterocycles. The van der Waals surface area contributed by atoms with Crippen LogP contribution in [0.4, 0.5) is 0 Å². The molecule has 2 aliphatic heterocycles. The summed E-state index contributed by atoms with van der Waals surface area (Å²) in [6.07, 6.45) is 7.89. The Morgan fingerprint density at radius 2 is 1.67 bits per heavy atom. The zero-order chi connectivity index (χ0) is 26.7. The van der Waals surface area contributed by atoms with Gasteiger partial charge in [0.2, 0.25) is 11.8 Å². The Morgan fingerprint density at radius 3 is 2.36 bits per heavy atom. The topological polar surface area (TPSA) is 96.7 Å². The molecule has 8 rings (SSSR count). The molecule has 9 heteroatoms. The first-order valence-corrected chi connectivity index (χ1v) is 16.0. The minimum Gasteiger partial charge on any atom is -0.464 e. The second kappa shape index (κ2) is 9.84. The monoisotopic (exact) mass is 564 g/mol. The molecule has 4 saturated carbocycles. The van der Waals surface area contributed by atoms with Crippen LogP contribution in [-0.4, -0.2) is 33.8 Å². The molecule has 4 aliphatic carbocycles. The van der Waals surface area contributed by atoms with Crippen LogP contribution in [0, 0.1) is 23.2 Å². The summed E-state index contributed by atoms with van der Waals surface area (Å²) in [5.41, 5.74) is 1.45. The zero-order valence-corrected chi connectivity index (χ0v) is 23.4. The standard InChI is InChI=1S/C30H32N2O5S2/c33-26-7-6-24(27(34)31-26)32-14-23-22(28(32)35)2-1-3-25(23)38-15-20-4-5-21(37-20)16-39-29(36)30-11-17-8-18(12-30)10-19(9-17)13-30/h1-5,17-19,24H,6-16H2,(H,31,33,34). The minimum absolute atomic E-state index is 0.0858. The highest BCUT2D eigenvalue weighted by molar-refractivity contribution is 8.13. The lowest BCUT2D eigenvalue weighted by Crippen LogP contribution is -2.52. The molecule has 39 heavy (non-hydrogen) atoms. The number of furan rings is 1. The van der Waals surface area contributed by atoms with Gasteiger partial charge in [-0.2, -0.15) is 0 Å². The summed E-state index contributed by atoms with van der Waals surface area (Å²) >= 11 is 3.05. The highest BCUT2D eigenvalue weighted by atomic mass is 32.2. The van der Waals surface area contributed by atoms with Crippen LogP contribution in [-0.2, 0) is 32.4 Å². The Bertz CT molecular complexity index is 1330. The lowest BCUT2D eigenvalue weighted by atomic mass is 9.50. The second-order valence-corrected chi connectivity index (χ2v) is 14.1. The molecule has 1 unspecified atom stereocenters. The van der Waals surface area contributed by atoms with Crippen LogP contribution < -0.4 is 5.32 Å². The average molecular weight is 565 g/mol. The Morgan fingerprint density at radius 1 is 0.974 bits per heavy atom. The lowest BCUT2D eigenvalue weighted by molar-refractivity contribution is -0.137. The van der Waals surface area contributed by atoms with E-state index in [1.807, 2.05) is 24.3 Å². The molecule has 1 N–H and O–H groups in total. The van der Waals surface area contributed by atoms with Gasteiger partial charge in [-0.25, -0.2) is 0 Å². The van der Waals surface area contributed by atoms with Crippen LogP contribution in [0.1, 0.15) is 78.8 Å². The Hall–Kier alpha value is -2.52. The summed E-state index contributed by atoms with van der Waals surface area (Å²) in [4.78, 5) is 52.9. The number of thioether (sulfide) groups is 2. The van der Waals surface area contributed by atoms with Gasteiger partial charge < -0.3 is 9.32 Å². The van der Waals surface area contributed by atoms with Crippen molar-refractivity contribution >= 4 is 46.4 Å². The summed E-state index contributed by atoms with van der Waals surface area (Å²) in [5.74, 6) is 4.28. The molecule has 2 aromatic rings. The number of fused-ring (bicyclic) bond motifs is 1. The summed E-state index contributed by atoms with van der Waals surface area (Å²) in [6, 6.07) is 8.99. The molecule has 3 heterocycles. The SMILES string of the molecule is O=C1CCC(N2Cc3c(SCc4ccc(CSC(=O)C56CC7CC(CC(C7)C5)C6)o4)cccc3C2=O)C(=O)N1. The van der Waals surface area contributed by atoms with Gasteiger partial charge in [0, 0.05) is 28.8 Å². The molecule has 1 aromatic carbocycles. The van der Waals surface area contributed by atoms with Gasteiger partial charge in [0.05, 0.1) is 11.5 Å². The lowest BCUT2D eigenvalue weighted by Gasteiger charge is -2.55. The third kappa shape index (κ3) is 4.65. The molecule has 204 valence electrons. The van der Waals surface area contributed by atoms with Crippen molar-refractivity contribution in [2.75, 3.05) is 0 Å². The normalized spacial score (nSPS) is 31.1. The Kier molecular flexibility index (Phi) is 6.42. The molecule has 0 radical (unpaired) electrons. The van der Waals surface area contributed by atoms with Crippen LogP contribution in [0.25, 0.3) is 0 Å². The van der Waals surface area contributed by atoms with Gasteiger partial charge in [0.15, 0.2) is 5.12 Å². The van der Waals surface area contributed by atoms with Crippen LogP contribution >= 0.6 is 23.5 Å². The zero-order valence-electron chi connectivity index (χ0n) is 21.8. The summed E-state index contributed by atoms with van der Waals surface area (Å²) in [7, 11) is 0. The van der Waals surface area contributed by atoms with E-state index in [0.717, 1.165) is 59.0 Å². The number of carbonyl (C=O) groups excluding carboxylic acids is 4. The van der Waals surface area contributed by atoms with Gasteiger partial charge in [-0.3, -0.25) is 24.5 Å². The summed E-state index contributed by atoms with van der Waals surface area (Å²) in [5, 5.41) is 2.73. The first-order chi connectivity index (χ1) is 18.9. The molecule has 5 fully saturated rings. The fraction of sp³-hybridized carbons (Fsp3) is 0.533. The number of rotatable bonds is 7. The number of hydrogen-bond acceptors (Lipinski definition) is 7. The Balaban J connectivity index is 0.966. The van der Waals surface area contributed by atoms with Crippen molar-refractivity contribution in [3.8, 4) is 0 Å². The number of piperidine rings is 1. The molecule has 3 amide bonds. The van der Waals surface area contributed by atoms with Crippen molar-refractivity contribution in [3.05, 3.63) is 53.0 Å². The van der Waals surface area contributed by atoms with E-state index in [2.05, 4.69) is 5.32 Å². The van der Waals surface area contributed by atoms with Crippen molar-refractivity contribution in [1.29, 1.82) is 0 Å². The van der Waals surface area contributed by atoms with Crippen LogP contribution in [0.15, 0.2) is 39.6 Å². The summed E-state index contributed by atoms with van der Waals surface area (Å²) < 4.78 is 6.10. The third-order valence-corrected chi connectivity index (χ3v) is 11.7. The Labute approximate surface area is 236 Å². The number of amides is 3. The second-order valence-electron chi connectivity index (χ2n) is 12.1. The number of nitrogens with one attached hydrogen (secondary N) is 1. The molecule has 6 aliphatic rings. The number of hydrogen-bond donors (Lipinski definition) is 1. The van der Waals surface area contributed by atoms with Crippen molar-refractivity contribution in [2.45, 2.75) is 80.4 Å². The highest BCUT2D eigenvalue weighted by Gasteiger charge is 2.54.